The van der Waals surface area contributed by atoms with E-state index >= 15 is 0 Å². The van der Waals surface area contributed by atoms with Crippen molar-refractivity contribution < 1.29 is 9.18 Å². The van der Waals surface area contributed by atoms with Crippen molar-refractivity contribution in [1.29, 1.82) is 0 Å². The van der Waals surface area contributed by atoms with Crippen molar-refractivity contribution >= 4 is 34.2 Å². The molecule has 0 fully saturated rings. The summed E-state index contributed by atoms with van der Waals surface area (Å²) in [6.45, 7) is 0.840. The topological polar surface area (TPSA) is 61.7 Å². The van der Waals surface area contributed by atoms with Gasteiger partial charge in [0.15, 0.2) is 0 Å². The molecule has 1 amide bonds. The number of rotatable bonds is 5. The monoisotopic (exact) mass is 427 g/mol. The number of imidazole rings is 1. The first-order valence-corrected chi connectivity index (χ1v) is 10.3. The Hall–Kier alpha value is -3.97. The first-order chi connectivity index (χ1) is 15.5. The highest BCUT2D eigenvalue weighted by Crippen LogP contribution is 2.38. The molecule has 0 spiro atoms. The SMILES string of the molecule is CN(C)Cc1ccc(NC(=C2C(=O)Nc3cc(F)ccc32)c2ccc3nccn3c2)cc1. The van der Waals surface area contributed by atoms with Crippen molar-refractivity contribution in [2.75, 3.05) is 24.7 Å². The maximum atomic E-state index is 13.8. The lowest BCUT2D eigenvalue weighted by atomic mass is 10.0. The van der Waals surface area contributed by atoms with Gasteiger partial charge in [-0.1, -0.05) is 12.1 Å². The van der Waals surface area contributed by atoms with Gasteiger partial charge in [-0.15, -0.1) is 0 Å². The van der Waals surface area contributed by atoms with Crippen LogP contribution in [0.25, 0.3) is 16.9 Å². The standard InChI is InChI=1S/C25H22FN5O/c1-30(2)14-16-3-7-19(8-4-16)28-24(17-5-10-22-27-11-12-31(22)15-17)23-20-9-6-18(26)13-21(20)29-25(23)32/h3-13,15,28H,14H2,1-2H3,(H,29,32). The second kappa shape index (κ2) is 7.94. The molecule has 4 aromatic rings. The number of benzene rings is 2. The molecular weight excluding hydrogens is 405 g/mol. The van der Waals surface area contributed by atoms with Gasteiger partial charge in [0.1, 0.15) is 11.5 Å². The molecule has 2 aromatic heterocycles. The van der Waals surface area contributed by atoms with Crippen LogP contribution < -0.4 is 10.6 Å². The molecule has 0 saturated heterocycles. The summed E-state index contributed by atoms with van der Waals surface area (Å²) in [5, 5.41) is 6.22. The zero-order valence-corrected chi connectivity index (χ0v) is 17.8. The van der Waals surface area contributed by atoms with Crippen LogP contribution in [-0.4, -0.2) is 34.3 Å². The number of hydrogen-bond donors (Lipinski definition) is 2. The Kier molecular flexibility index (Phi) is 4.95. The number of carbonyl (C=O) groups is 1. The van der Waals surface area contributed by atoms with E-state index in [0.717, 1.165) is 23.4 Å². The molecule has 5 rings (SSSR count). The minimum Gasteiger partial charge on any atom is -0.354 e. The number of nitrogens with zero attached hydrogens (tertiary/aromatic N) is 3. The van der Waals surface area contributed by atoms with Crippen molar-refractivity contribution in [3.05, 3.63) is 95.7 Å². The number of hydrogen-bond acceptors (Lipinski definition) is 4. The summed E-state index contributed by atoms with van der Waals surface area (Å²) in [6.07, 6.45) is 5.51. The lowest BCUT2D eigenvalue weighted by molar-refractivity contribution is -0.110. The third kappa shape index (κ3) is 3.74. The normalized spacial score (nSPS) is 14.6. The average molecular weight is 427 g/mol. The maximum absolute atomic E-state index is 13.8. The van der Waals surface area contributed by atoms with E-state index in [2.05, 4.69) is 32.7 Å². The summed E-state index contributed by atoms with van der Waals surface area (Å²) in [5.74, 6) is -0.667. The van der Waals surface area contributed by atoms with E-state index in [1.807, 2.05) is 55.2 Å². The van der Waals surface area contributed by atoms with Gasteiger partial charge in [-0.3, -0.25) is 4.79 Å². The number of carbonyl (C=O) groups excluding carboxylic acids is 1. The molecule has 2 aromatic carbocycles. The second-order valence-electron chi connectivity index (χ2n) is 8.06. The average Bonchev–Trinajstić information content (AvgIpc) is 3.35. The molecule has 2 N–H and O–H groups in total. The molecule has 0 aliphatic carbocycles. The van der Waals surface area contributed by atoms with Crippen LogP contribution in [0.3, 0.4) is 0 Å². The molecule has 32 heavy (non-hydrogen) atoms. The fourth-order valence-corrected chi connectivity index (χ4v) is 3.94. The Bertz CT molecular complexity index is 1350. The lowest BCUT2D eigenvalue weighted by Gasteiger charge is -2.16. The summed E-state index contributed by atoms with van der Waals surface area (Å²) in [4.78, 5) is 19.4. The Morgan fingerprint density at radius 2 is 1.94 bits per heavy atom. The van der Waals surface area contributed by atoms with Crippen LogP contribution in [0.5, 0.6) is 0 Å². The largest absolute Gasteiger partial charge is 0.354 e. The van der Waals surface area contributed by atoms with Crippen LogP contribution in [0, 0.1) is 5.82 Å². The molecule has 160 valence electrons. The Morgan fingerprint density at radius 1 is 1.12 bits per heavy atom. The Balaban J connectivity index is 1.63. The van der Waals surface area contributed by atoms with E-state index < -0.39 is 5.82 Å². The van der Waals surface area contributed by atoms with Crippen LogP contribution >= 0.6 is 0 Å². The fourth-order valence-electron chi connectivity index (χ4n) is 3.94. The minimum atomic E-state index is -0.392. The van der Waals surface area contributed by atoms with Crippen molar-refractivity contribution in [3.63, 3.8) is 0 Å². The van der Waals surface area contributed by atoms with Gasteiger partial charge in [-0.05, 0) is 62.1 Å². The van der Waals surface area contributed by atoms with Gasteiger partial charge in [0.25, 0.3) is 5.91 Å². The molecule has 6 nitrogen and oxygen atoms in total. The van der Waals surface area contributed by atoms with E-state index in [4.69, 9.17) is 0 Å². The van der Waals surface area contributed by atoms with Gasteiger partial charge < -0.3 is 19.9 Å². The van der Waals surface area contributed by atoms with E-state index in [0.29, 0.717) is 22.5 Å². The summed E-state index contributed by atoms with van der Waals surface area (Å²) in [6, 6.07) is 16.3. The molecule has 0 radical (unpaired) electrons. The van der Waals surface area contributed by atoms with Gasteiger partial charge in [0.05, 0.1) is 17.0 Å². The molecule has 3 heterocycles. The molecule has 0 bridgehead atoms. The second-order valence-corrected chi connectivity index (χ2v) is 8.06. The van der Waals surface area contributed by atoms with Crippen LogP contribution in [-0.2, 0) is 11.3 Å². The van der Waals surface area contributed by atoms with Crippen molar-refractivity contribution in [2.24, 2.45) is 0 Å². The Morgan fingerprint density at radius 3 is 2.72 bits per heavy atom. The fraction of sp³-hybridized carbons (Fsp3) is 0.120. The lowest BCUT2D eigenvalue weighted by Crippen LogP contribution is -2.11. The van der Waals surface area contributed by atoms with Crippen LogP contribution in [0.4, 0.5) is 15.8 Å². The number of nitrogens with one attached hydrogen (secondary N) is 2. The third-order valence-corrected chi connectivity index (χ3v) is 5.38. The van der Waals surface area contributed by atoms with E-state index in [9.17, 15) is 9.18 Å². The quantitative estimate of drug-likeness (QED) is 0.462. The number of amides is 1. The van der Waals surface area contributed by atoms with E-state index in [1.54, 1.807) is 12.3 Å². The minimum absolute atomic E-state index is 0.275. The highest BCUT2D eigenvalue weighted by molar-refractivity contribution is 6.37. The van der Waals surface area contributed by atoms with Crippen LogP contribution in [0.2, 0.25) is 0 Å². The number of pyridine rings is 1. The van der Waals surface area contributed by atoms with Crippen LogP contribution in [0.1, 0.15) is 16.7 Å². The van der Waals surface area contributed by atoms with Crippen molar-refractivity contribution in [1.82, 2.24) is 14.3 Å². The molecule has 7 heteroatoms. The number of aromatic nitrogens is 2. The first-order valence-electron chi connectivity index (χ1n) is 10.3. The van der Waals surface area contributed by atoms with Gasteiger partial charge in [-0.25, -0.2) is 9.37 Å². The smallest absolute Gasteiger partial charge is 0.258 e. The van der Waals surface area contributed by atoms with Gasteiger partial charge >= 0.3 is 0 Å². The van der Waals surface area contributed by atoms with E-state index in [-0.39, 0.29) is 5.91 Å². The molecular formula is C25H22FN5O. The number of anilines is 2. The van der Waals surface area contributed by atoms with Gasteiger partial charge in [0.2, 0.25) is 0 Å². The van der Waals surface area contributed by atoms with Gasteiger partial charge in [-0.2, -0.15) is 0 Å². The summed E-state index contributed by atoms with van der Waals surface area (Å²) in [5.41, 5.74) is 5.90. The Labute approximate surface area is 185 Å². The zero-order valence-electron chi connectivity index (χ0n) is 17.8. The molecule has 1 aliphatic rings. The highest BCUT2D eigenvalue weighted by Gasteiger charge is 2.29. The maximum Gasteiger partial charge on any atom is 0.258 e. The predicted octanol–water partition coefficient (Wildman–Crippen LogP) is 4.47. The summed E-state index contributed by atoms with van der Waals surface area (Å²) >= 11 is 0. The van der Waals surface area contributed by atoms with Crippen molar-refractivity contribution in [3.8, 4) is 0 Å². The first kappa shape index (κ1) is 20.0. The predicted molar refractivity (Wildman–Crippen MR) is 124 cm³/mol. The molecule has 0 saturated carbocycles. The molecule has 1 aliphatic heterocycles. The summed E-state index contributed by atoms with van der Waals surface area (Å²) < 4.78 is 15.7. The van der Waals surface area contributed by atoms with Gasteiger partial charge in [0, 0.05) is 41.9 Å². The third-order valence-electron chi connectivity index (χ3n) is 5.38. The van der Waals surface area contributed by atoms with E-state index in [1.165, 1.54) is 17.7 Å². The van der Waals surface area contributed by atoms with Crippen molar-refractivity contribution in [2.45, 2.75) is 6.54 Å². The highest BCUT2D eigenvalue weighted by atomic mass is 19.1. The summed E-state index contributed by atoms with van der Waals surface area (Å²) in [7, 11) is 4.06. The number of fused-ring (bicyclic) bond motifs is 2. The zero-order chi connectivity index (χ0) is 22.2. The molecule has 0 unspecified atom stereocenters. The molecule has 0 atom stereocenters. The van der Waals surface area contributed by atoms with Crippen LogP contribution in [0.15, 0.2) is 73.2 Å². The number of halogens is 1.